The average Bonchev–Trinajstić information content (AvgIpc) is 2.42. The molecule has 0 heterocycles. The zero-order chi connectivity index (χ0) is 13.8. The number of rotatable bonds is 4. The summed E-state index contributed by atoms with van der Waals surface area (Å²) in [7, 11) is 0. The lowest BCUT2D eigenvalue weighted by Gasteiger charge is -2.25. The number of hydrogen-bond donors (Lipinski definition) is 1. The summed E-state index contributed by atoms with van der Waals surface area (Å²) in [5.41, 5.74) is 0.826. The molecule has 3 nitrogen and oxygen atoms in total. The molecule has 1 N–H and O–H groups in total. The first-order valence-electron chi connectivity index (χ1n) is 5.99. The van der Waals surface area contributed by atoms with Crippen LogP contribution in [0.2, 0.25) is 0 Å². The fourth-order valence-electron chi connectivity index (χ4n) is 2.04. The van der Waals surface area contributed by atoms with Crippen LogP contribution in [0.1, 0.15) is 17.3 Å². The first-order chi connectivity index (χ1) is 9.15. The molecule has 0 fully saturated rings. The molecule has 2 aromatic rings. The minimum absolute atomic E-state index is 0.0364. The van der Waals surface area contributed by atoms with Gasteiger partial charge in [0.05, 0.1) is 11.3 Å². The van der Waals surface area contributed by atoms with Gasteiger partial charge in [0.2, 0.25) is 0 Å². The zero-order valence-electron chi connectivity index (χ0n) is 10.5. The van der Waals surface area contributed by atoms with Crippen molar-refractivity contribution in [2.45, 2.75) is 6.92 Å². The van der Waals surface area contributed by atoms with Gasteiger partial charge in [-0.1, -0.05) is 24.3 Å². The number of carbonyl (C=O) groups is 1. The van der Waals surface area contributed by atoms with Gasteiger partial charge in [-0.3, -0.25) is 0 Å². The first-order valence-corrected chi connectivity index (χ1v) is 5.99. The summed E-state index contributed by atoms with van der Waals surface area (Å²) in [6, 6.07) is 13.2. The Morgan fingerprint density at radius 1 is 1.16 bits per heavy atom. The molecule has 0 atom stereocenters. The van der Waals surface area contributed by atoms with Crippen LogP contribution < -0.4 is 4.90 Å². The highest BCUT2D eigenvalue weighted by Crippen LogP contribution is 2.30. The summed E-state index contributed by atoms with van der Waals surface area (Å²) in [4.78, 5) is 12.9. The van der Waals surface area contributed by atoms with E-state index in [-0.39, 0.29) is 11.3 Å². The lowest BCUT2D eigenvalue weighted by molar-refractivity contribution is 0.0697. The molecule has 0 saturated heterocycles. The number of nitrogens with zero attached hydrogens (tertiary/aromatic N) is 1. The zero-order valence-corrected chi connectivity index (χ0v) is 10.5. The number of carboxylic acid groups (broad SMARTS) is 1. The predicted molar refractivity (Wildman–Crippen MR) is 72.5 cm³/mol. The van der Waals surface area contributed by atoms with Crippen molar-refractivity contribution in [1.82, 2.24) is 0 Å². The van der Waals surface area contributed by atoms with E-state index in [1.165, 1.54) is 18.2 Å². The summed E-state index contributed by atoms with van der Waals surface area (Å²) in [5, 5.41) is 9.19. The lowest BCUT2D eigenvalue weighted by atomic mass is 10.1. The van der Waals surface area contributed by atoms with Crippen LogP contribution in [-0.4, -0.2) is 17.6 Å². The highest BCUT2D eigenvalue weighted by Gasteiger charge is 2.20. The van der Waals surface area contributed by atoms with Gasteiger partial charge in [0.25, 0.3) is 0 Å². The molecule has 19 heavy (non-hydrogen) atoms. The maximum Gasteiger partial charge on any atom is 0.337 e. The third kappa shape index (κ3) is 2.57. The summed E-state index contributed by atoms with van der Waals surface area (Å²) >= 11 is 0. The number of benzene rings is 2. The van der Waals surface area contributed by atoms with Gasteiger partial charge in [0.15, 0.2) is 0 Å². The number of carboxylic acids is 1. The van der Waals surface area contributed by atoms with Gasteiger partial charge in [0, 0.05) is 12.2 Å². The maximum atomic E-state index is 14.0. The van der Waals surface area contributed by atoms with Crippen molar-refractivity contribution in [1.29, 1.82) is 0 Å². The highest BCUT2D eigenvalue weighted by atomic mass is 19.1. The van der Waals surface area contributed by atoms with E-state index in [0.717, 1.165) is 5.69 Å². The Bertz CT molecular complexity index is 584. The van der Waals surface area contributed by atoms with Gasteiger partial charge in [-0.25, -0.2) is 9.18 Å². The van der Waals surface area contributed by atoms with Crippen molar-refractivity contribution in [3.05, 3.63) is 59.9 Å². The molecule has 2 rings (SSSR count). The lowest BCUT2D eigenvalue weighted by Crippen LogP contribution is -2.20. The average molecular weight is 259 g/mol. The van der Waals surface area contributed by atoms with E-state index in [1.807, 2.05) is 37.3 Å². The Kier molecular flexibility index (Phi) is 3.80. The largest absolute Gasteiger partial charge is 0.478 e. The molecule has 0 radical (unpaired) electrons. The normalized spacial score (nSPS) is 10.2. The van der Waals surface area contributed by atoms with Crippen molar-refractivity contribution >= 4 is 17.3 Å². The fraction of sp³-hybridized carbons (Fsp3) is 0.133. The van der Waals surface area contributed by atoms with Crippen LogP contribution >= 0.6 is 0 Å². The Morgan fingerprint density at radius 2 is 1.84 bits per heavy atom. The fourth-order valence-corrected chi connectivity index (χ4v) is 2.04. The van der Waals surface area contributed by atoms with E-state index in [1.54, 1.807) is 4.90 Å². The van der Waals surface area contributed by atoms with E-state index in [4.69, 9.17) is 0 Å². The molecule has 2 aromatic carbocycles. The minimum Gasteiger partial charge on any atom is -0.478 e. The Hall–Kier alpha value is -2.36. The second-order valence-electron chi connectivity index (χ2n) is 4.02. The van der Waals surface area contributed by atoms with E-state index >= 15 is 0 Å². The Balaban J connectivity index is 2.59. The van der Waals surface area contributed by atoms with Gasteiger partial charge in [-0.2, -0.15) is 0 Å². The van der Waals surface area contributed by atoms with E-state index in [9.17, 15) is 14.3 Å². The van der Waals surface area contributed by atoms with Crippen molar-refractivity contribution in [2.75, 3.05) is 11.4 Å². The van der Waals surface area contributed by atoms with Crippen molar-refractivity contribution in [3.63, 3.8) is 0 Å². The molecule has 0 aromatic heterocycles. The molecule has 98 valence electrons. The van der Waals surface area contributed by atoms with Crippen LogP contribution in [0, 0.1) is 5.82 Å². The van der Waals surface area contributed by atoms with Gasteiger partial charge in [-0.05, 0) is 31.2 Å². The monoisotopic (exact) mass is 259 g/mol. The van der Waals surface area contributed by atoms with Crippen LogP contribution in [0.15, 0.2) is 48.5 Å². The van der Waals surface area contributed by atoms with E-state index < -0.39 is 11.8 Å². The summed E-state index contributed by atoms with van der Waals surface area (Å²) in [6.07, 6.45) is 0. The number of hydrogen-bond acceptors (Lipinski definition) is 2. The number of halogens is 1. The molecule has 0 saturated carbocycles. The van der Waals surface area contributed by atoms with Crippen LogP contribution in [0.25, 0.3) is 0 Å². The van der Waals surface area contributed by atoms with Gasteiger partial charge in [-0.15, -0.1) is 0 Å². The molecule has 0 unspecified atom stereocenters. The Morgan fingerprint density at radius 3 is 2.42 bits per heavy atom. The number of aromatic carboxylic acids is 1. The summed E-state index contributed by atoms with van der Waals surface area (Å²) in [5.74, 6) is -1.67. The predicted octanol–water partition coefficient (Wildman–Crippen LogP) is 3.68. The van der Waals surface area contributed by atoms with Crippen LogP contribution in [0.3, 0.4) is 0 Å². The van der Waals surface area contributed by atoms with E-state index in [0.29, 0.717) is 6.54 Å². The van der Waals surface area contributed by atoms with Crippen molar-refractivity contribution in [3.8, 4) is 0 Å². The Labute approximate surface area is 110 Å². The topological polar surface area (TPSA) is 40.5 Å². The van der Waals surface area contributed by atoms with Crippen molar-refractivity contribution < 1.29 is 14.3 Å². The molecule has 0 aliphatic heterocycles. The molecule has 0 aliphatic carbocycles. The SMILES string of the molecule is CCN(c1ccccc1)c1c(F)cccc1C(=O)O. The van der Waals surface area contributed by atoms with Gasteiger partial charge >= 0.3 is 5.97 Å². The molecule has 4 heteroatoms. The third-order valence-electron chi connectivity index (χ3n) is 2.87. The van der Waals surface area contributed by atoms with Gasteiger partial charge in [0.1, 0.15) is 5.82 Å². The maximum absolute atomic E-state index is 14.0. The number of para-hydroxylation sites is 2. The minimum atomic E-state index is -1.14. The summed E-state index contributed by atoms with van der Waals surface area (Å²) in [6.45, 7) is 2.33. The first kappa shape index (κ1) is 13.1. The molecular formula is C15H14FNO2. The molecular weight excluding hydrogens is 245 g/mol. The summed E-state index contributed by atoms with van der Waals surface area (Å²) < 4.78 is 14.0. The molecule has 0 bridgehead atoms. The highest BCUT2D eigenvalue weighted by molar-refractivity contribution is 5.95. The molecule has 0 aliphatic rings. The second-order valence-corrected chi connectivity index (χ2v) is 4.02. The smallest absolute Gasteiger partial charge is 0.337 e. The third-order valence-corrected chi connectivity index (χ3v) is 2.87. The second kappa shape index (κ2) is 5.52. The van der Waals surface area contributed by atoms with Crippen molar-refractivity contribution in [2.24, 2.45) is 0 Å². The van der Waals surface area contributed by atoms with E-state index in [2.05, 4.69) is 0 Å². The number of anilines is 2. The molecule has 0 amide bonds. The standard InChI is InChI=1S/C15H14FNO2/c1-2-17(11-7-4-3-5-8-11)14-12(15(18)19)9-6-10-13(14)16/h3-10H,2H2,1H3,(H,18,19). The van der Waals surface area contributed by atoms with Crippen LogP contribution in [0.5, 0.6) is 0 Å². The molecule has 0 spiro atoms. The van der Waals surface area contributed by atoms with Crippen LogP contribution in [-0.2, 0) is 0 Å². The quantitative estimate of drug-likeness (QED) is 0.910. The van der Waals surface area contributed by atoms with Gasteiger partial charge < -0.3 is 10.0 Å². The van der Waals surface area contributed by atoms with Crippen LogP contribution in [0.4, 0.5) is 15.8 Å².